The molecule has 0 aromatic rings. The van der Waals surface area contributed by atoms with Gasteiger partial charge in [-0.1, -0.05) is 13.0 Å². The molecule has 1 atom stereocenters. The lowest BCUT2D eigenvalue weighted by atomic mass is 10.3. The molecule has 1 rings (SSSR count). The van der Waals surface area contributed by atoms with Crippen LogP contribution in [0.1, 0.15) is 26.7 Å². The molecule has 1 aliphatic rings. The summed E-state index contributed by atoms with van der Waals surface area (Å²) < 4.78 is 0. The molecule has 1 saturated carbocycles. The molecule has 1 N–H and O–H groups in total. The normalized spacial score (nSPS) is 19.0. The Bertz CT molecular complexity index is 152. The zero-order valence-electron chi connectivity index (χ0n) is 8.92. The Morgan fingerprint density at radius 1 is 1.62 bits per heavy atom. The van der Waals surface area contributed by atoms with Crippen LogP contribution in [-0.2, 0) is 0 Å². The maximum absolute atomic E-state index is 3.75. The van der Waals surface area contributed by atoms with E-state index in [-0.39, 0.29) is 0 Å². The van der Waals surface area contributed by atoms with E-state index in [2.05, 4.69) is 30.6 Å². The summed E-state index contributed by atoms with van der Waals surface area (Å²) in [6.45, 7) is 11.6. The quantitative estimate of drug-likeness (QED) is 0.602. The van der Waals surface area contributed by atoms with Crippen LogP contribution < -0.4 is 5.32 Å². The van der Waals surface area contributed by atoms with Gasteiger partial charge >= 0.3 is 0 Å². The van der Waals surface area contributed by atoms with E-state index in [1.165, 1.54) is 25.9 Å². The molecule has 0 radical (unpaired) electrons. The van der Waals surface area contributed by atoms with Gasteiger partial charge in [0.1, 0.15) is 0 Å². The van der Waals surface area contributed by atoms with Crippen molar-refractivity contribution in [3.05, 3.63) is 12.7 Å². The van der Waals surface area contributed by atoms with Gasteiger partial charge in [-0.2, -0.15) is 0 Å². The smallest absolute Gasteiger partial charge is 0.0219 e. The van der Waals surface area contributed by atoms with E-state index in [0.29, 0.717) is 6.04 Å². The van der Waals surface area contributed by atoms with Gasteiger partial charge in [0.25, 0.3) is 0 Å². The topological polar surface area (TPSA) is 15.3 Å². The zero-order valence-corrected chi connectivity index (χ0v) is 8.92. The second-order valence-electron chi connectivity index (χ2n) is 3.84. The van der Waals surface area contributed by atoms with Crippen LogP contribution in [-0.4, -0.2) is 36.6 Å². The van der Waals surface area contributed by atoms with Crippen LogP contribution in [0.5, 0.6) is 0 Å². The van der Waals surface area contributed by atoms with Gasteiger partial charge in [-0.15, -0.1) is 6.58 Å². The van der Waals surface area contributed by atoms with Gasteiger partial charge in [0.2, 0.25) is 0 Å². The lowest BCUT2D eigenvalue weighted by Crippen LogP contribution is -2.36. The van der Waals surface area contributed by atoms with Crippen molar-refractivity contribution in [3.63, 3.8) is 0 Å². The predicted molar refractivity (Wildman–Crippen MR) is 57.9 cm³/mol. The molecule has 2 heteroatoms. The van der Waals surface area contributed by atoms with Crippen molar-refractivity contribution >= 4 is 0 Å². The fourth-order valence-electron chi connectivity index (χ4n) is 1.56. The second-order valence-corrected chi connectivity index (χ2v) is 3.84. The van der Waals surface area contributed by atoms with Crippen LogP contribution in [0.3, 0.4) is 0 Å². The molecule has 0 aliphatic heterocycles. The van der Waals surface area contributed by atoms with E-state index in [4.69, 9.17) is 0 Å². The molecule has 0 amide bonds. The summed E-state index contributed by atoms with van der Waals surface area (Å²) >= 11 is 0. The third-order valence-electron chi connectivity index (χ3n) is 2.69. The van der Waals surface area contributed by atoms with Crippen LogP contribution in [0.4, 0.5) is 0 Å². The first-order valence-electron chi connectivity index (χ1n) is 5.38. The highest BCUT2D eigenvalue weighted by atomic mass is 15.2. The molecule has 13 heavy (non-hydrogen) atoms. The molecule has 0 spiro atoms. The summed E-state index contributed by atoms with van der Waals surface area (Å²) in [5, 5.41) is 3.42. The van der Waals surface area contributed by atoms with Gasteiger partial charge in [0.05, 0.1) is 0 Å². The first-order valence-corrected chi connectivity index (χ1v) is 5.38. The van der Waals surface area contributed by atoms with Gasteiger partial charge in [-0.3, -0.25) is 4.90 Å². The highest BCUT2D eigenvalue weighted by Gasteiger charge is 2.26. The molecule has 0 heterocycles. The molecular weight excluding hydrogens is 160 g/mol. The molecule has 0 saturated heterocycles. The Labute approximate surface area is 82.0 Å². The van der Waals surface area contributed by atoms with Crippen molar-refractivity contribution in [2.45, 2.75) is 38.8 Å². The highest BCUT2D eigenvalue weighted by Crippen LogP contribution is 2.25. The Morgan fingerprint density at radius 3 is 2.77 bits per heavy atom. The van der Waals surface area contributed by atoms with Crippen molar-refractivity contribution in [2.24, 2.45) is 0 Å². The molecule has 2 nitrogen and oxygen atoms in total. The van der Waals surface area contributed by atoms with Crippen LogP contribution >= 0.6 is 0 Å². The van der Waals surface area contributed by atoms with Gasteiger partial charge in [-0.25, -0.2) is 0 Å². The number of likely N-dealkylation sites (N-methyl/N-ethyl adjacent to an activating group) is 1. The van der Waals surface area contributed by atoms with Crippen molar-refractivity contribution < 1.29 is 0 Å². The van der Waals surface area contributed by atoms with E-state index in [0.717, 1.165) is 12.6 Å². The monoisotopic (exact) mass is 182 g/mol. The van der Waals surface area contributed by atoms with Crippen LogP contribution in [0.2, 0.25) is 0 Å². The van der Waals surface area contributed by atoms with Gasteiger partial charge in [0.15, 0.2) is 0 Å². The Kier molecular flexibility index (Phi) is 4.46. The fraction of sp³-hybridized carbons (Fsp3) is 0.818. The Balaban J connectivity index is 2.05. The van der Waals surface area contributed by atoms with Crippen LogP contribution in [0.15, 0.2) is 12.7 Å². The van der Waals surface area contributed by atoms with E-state index >= 15 is 0 Å². The minimum Gasteiger partial charge on any atom is -0.310 e. The van der Waals surface area contributed by atoms with E-state index in [1.54, 1.807) is 0 Å². The van der Waals surface area contributed by atoms with E-state index in [9.17, 15) is 0 Å². The molecule has 0 aromatic carbocycles. The number of hydrogen-bond donors (Lipinski definition) is 1. The molecule has 1 unspecified atom stereocenters. The van der Waals surface area contributed by atoms with E-state index < -0.39 is 0 Å². The lowest BCUT2D eigenvalue weighted by molar-refractivity contribution is 0.275. The predicted octanol–water partition coefficient (Wildman–Crippen LogP) is 1.63. The third-order valence-corrected chi connectivity index (χ3v) is 2.69. The number of nitrogens with one attached hydrogen (secondary N) is 1. The average molecular weight is 182 g/mol. The lowest BCUT2D eigenvalue weighted by Gasteiger charge is -2.20. The van der Waals surface area contributed by atoms with Crippen molar-refractivity contribution in [1.29, 1.82) is 0 Å². The SMILES string of the molecule is C=CC(C)NCCN(CC)C1CC1. The Morgan fingerprint density at radius 2 is 2.31 bits per heavy atom. The zero-order chi connectivity index (χ0) is 9.68. The summed E-state index contributed by atoms with van der Waals surface area (Å²) in [6, 6.07) is 1.34. The van der Waals surface area contributed by atoms with Gasteiger partial charge in [-0.05, 0) is 26.3 Å². The molecular formula is C11H22N2. The van der Waals surface area contributed by atoms with Crippen molar-refractivity contribution in [3.8, 4) is 0 Å². The summed E-state index contributed by atoms with van der Waals surface area (Å²) in [5.41, 5.74) is 0. The average Bonchev–Trinajstić information content (AvgIpc) is 2.95. The third kappa shape index (κ3) is 3.92. The largest absolute Gasteiger partial charge is 0.310 e. The minimum atomic E-state index is 0.443. The maximum atomic E-state index is 3.75. The van der Waals surface area contributed by atoms with Gasteiger partial charge in [0, 0.05) is 25.2 Å². The maximum Gasteiger partial charge on any atom is 0.0219 e. The molecule has 76 valence electrons. The summed E-state index contributed by atoms with van der Waals surface area (Å²) in [5.74, 6) is 0. The summed E-state index contributed by atoms with van der Waals surface area (Å²) in [7, 11) is 0. The summed E-state index contributed by atoms with van der Waals surface area (Å²) in [6.07, 6.45) is 4.77. The molecule has 1 aliphatic carbocycles. The van der Waals surface area contributed by atoms with Crippen LogP contribution in [0, 0.1) is 0 Å². The van der Waals surface area contributed by atoms with E-state index in [1.807, 2.05) is 6.08 Å². The number of hydrogen-bond acceptors (Lipinski definition) is 2. The Hall–Kier alpha value is -0.340. The number of rotatable bonds is 7. The highest BCUT2D eigenvalue weighted by molar-refractivity contribution is 4.85. The second kappa shape index (κ2) is 5.40. The van der Waals surface area contributed by atoms with Crippen LogP contribution in [0.25, 0.3) is 0 Å². The molecule has 0 aromatic heterocycles. The minimum absolute atomic E-state index is 0.443. The van der Waals surface area contributed by atoms with Gasteiger partial charge < -0.3 is 5.32 Å². The fourth-order valence-corrected chi connectivity index (χ4v) is 1.56. The molecule has 1 fully saturated rings. The first kappa shape index (κ1) is 10.7. The first-order chi connectivity index (χ1) is 6.27. The standard InChI is InChI=1S/C11H22N2/c1-4-10(3)12-8-9-13(5-2)11-6-7-11/h4,10-12H,1,5-9H2,2-3H3. The molecule has 0 bridgehead atoms. The number of nitrogens with zero attached hydrogens (tertiary/aromatic N) is 1. The van der Waals surface area contributed by atoms with Crippen molar-refractivity contribution in [1.82, 2.24) is 10.2 Å². The van der Waals surface area contributed by atoms with Crippen molar-refractivity contribution in [2.75, 3.05) is 19.6 Å². The summed E-state index contributed by atoms with van der Waals surface area (Å²) in [4.78, 5) is 2.56.